The van der Waals surface area contributed by atoms with Crippen LogP contribution in [0.15, 0.2) is 41.9 Å². The van der Waals surface area contributed by atoms with Crippen LogP contribution in [0.4, 0.5) is 4.39 Å². The van der Waals surface area contributed by atoms with E-state index in [2.05, 4.69) is 9.97 Å². The molecule has 0 fully saturated rings. The molecule has 126 valence electrons. The highest BCUT2D eigenvalue weighted by Crippen LogP contribution is 2.26. The minimum absolute atomic E-state index is 0.153. The Morgan fingerprint density at radius 3 is 3.00 bits per heavy atom. The van der Waals surface area contributed by atoms with Gasteiger partial charge in [0.15, 0.2) is 5.82 Å². The van der Waals surface area contributed by atoms with E-state index < -0.39 is 0 Å². The maximum absolute atomic E-state index is 13.4. The van der Waals surface area contributed by atoms with E-state index in [1.165, 1.54) is 18.2 Å². The third-order valence-electron chi connectivity index (χ3n) is 4.11. The summed E-state index contributed by atoms with van der Waals surface area (Å²) in [7, 11) is 0. The predicted molar refractivity (Wildman–Crippen MR) is 95.2 cm³/mol. The Morgan fingerprint density at radius 1 is 1.32 bits per heavy atom. The molecule has 0 saturated heterocycles. The summed E-state index contributed by atoms with van der Waals surface area (Å²) in [4.78, 5) is 24.2. The number of aromatic nitrogens is 2. The van der Waals surface area contributed by atoms with Crippen LogP contribution in [0.25, 0.3) is 10.7 Å². The smallest absolute Gasteiger partial charge is 0.257 e. The number of carbonyl (C=O) groups is 1. The molecule has 1 aromatic carbocycles. The molecular formula is C18H13ClFN3OS. The van der Waals surface area contributed by atoms with Crippen LogP contribution < -0.4 is 0 Å². The fourth-order valence-electron chi connectivity index (χ4n) is 2.84. The van der Waals surface area contributed by atoms with Crippen molar-refractivity contribution in [1.82, 2.24) is 14.9 Å². The number of fused-ring (bicyclic) bond motifs is 1. The van der Waals surface area contributed by atoms with Crippen molar-refractivity contribution in [3.05, 3.63) is 69.6 Å². The van der Waals surface area contributed by atoms with Gasteiger partial charge in [-0.3, -0.25) is 4.79 Å². The molecule has 0 radical (unpaired) electrons. The molecule has 3 heterocycles. The van der Waals surface area contributed by atoms with Crippen LogP contribution in [0.2, 0.25) is 5.02 Å². The highest BCUT2D eigenvalue weighted by molar-refractivity contribution is 7.13. The van der Waals surface area contributed by atoms with Gasteiger partial charge in [-0.15, -0.1) is 11.3 Å². The molecule has 1 aliphatic rings. The van der Waals surface area contributed by atoms with Gasteiger partial charge in [0.1, 0.15) is 5.82 Å². The summed E-state index contributed by atoms with van der Waals surface area (Å²) in [6, 6.07) is 8.07. The summed E-state index contributed by atoms with van der Waals surface area (Å²) < 4.78 is 13.4. The number of carbonyl (C=O) groups excluding carboxylic acids is 1. The standard InChI is InChI=1S/C18H13ClFN3OS/c19-14-4-3-12(20)8-11(14)10-23-6-5-15-13(18(23)24)9-21-17(22-15)16-2-1-7-25-16/h1-4,7-9H,5-6,10H2. The number of amides is 1. The second-order valence-corrected chi connectivity index (χ2v) is 7.10. The average molecular weight is 374 g/mol. The van der Waals surface area contributed by atoms with Crippen molar-refractivity contribution in [1.29, 1.82) is 0 Å². The van der Waals surface area contributed by atoms with E-state index in [1.54, 1.807) is 22.4 Å². The molecule has 0 aliphatic carbocycles. The first-order valence-corrected chi connectivity index (χ1v) is 9.00. The highest BCUT2D eigenvalue weighted by Gasteiger charge is 2.27. The van der Waals surface area contributed by atoms with Crippen LogP contribution in [0.1, 0.15) is 21.6 Å². The number of hydrogen-bond acceptors (Lipinski definition) is 4. The minimum atomic E-state index is -0.367. The Hall–Kier alpha value is -2.31. The SMILES string of the molecule is O=C1c2cnc(-c3cccs3)nc2CCN1Cc1cc(F)ccc1Cl. The van der Waals surface area contributed by atoms with E-state index in [1.807, 2.05) is 17.5 Å². The first kappa shape index (κ1) is 16.2. The van der Waals surface area contributed by atoms with Crippen LogP contribution >= 0.6 is 22.9 Å². The van der Waals surface area contributed by atoms with Gasteiger partial charge in [-0.2, -0.15) is 0 Å². The molecule has 3 aromatic rings. The first-order valence-electron chi connectivity index (χ1n) is 7.75. The summed E-state index contributed by atoms with van der Waals surface area (Å²) in [5, 5.41) is 2.41. The van der Waals surface area contributed by atoms with Crippen LogP contribution in [0, 0.1) is 5.82 Å². The van der Waals surface area contributed by atoms with E-state index >= 15 is 0 Å². The van der Waals surface area contributed by atoms with Gasteiger partial charge in [-0.05, 0) is 35.2 Å². The lowest BCUT2D eigenvalue weighted by molar-refractivity contribution is 0.0724. The molecule has 2 aromatic heterocycles. The van der Waals surface area contributed by atoms with Crippen molar-refractivity contribution >= 4 is 28.8 Å². The quantitative estimate of drug-likeness (QED) is 0.691. The maximum atomic E-state index is 13.4. The Bertz CT molecular complexity index is 945. The van der Waals surface area contributed by atoms with E-state index in [4.69, 9.17) is 11.6 Å². The Morgan fingerprint density at radius 2 is 2.20 bits per heavy atom. The zero-order chi connectivity index (χ0) is 17.4. The zero-order valence-electron chi connectivity index (χ0n) is 13.1. The molecule has 0 saturated carbocycles. The van der Waals surface area contributed by atoms with Crippen molar-refractivity contribution in [3.8, 4) is 10.7 Å². The van der Waals surface area contributed by atoms with E-state index in [0.717, 1.165) is 10.6 Å². The van der Waals surface area contributed by atoms with Gasteiger partial charge in [-0.25, -0.2) is 14.4 Å². The molecule has 1 amide bonds. The molecule has 4 nitrogen and oxygen atoms in total. The van der Waals surface area contributed by atoms with E-state index in [9.17, 15) is 9.18 Å². The maximum Gasteiger partial charge on any atom is 0.257 e. The Kier molecular flexibility index (Phi) is 4.23. The van der Waals surface area contributed by atoms with Crippen molar-refractivity contribution < 1.29 is 9.18 Å². The molecule has 25 heavy (non-hydrogen) atoms. The van der Waals surface area contributed by atoms with Gasteiger partial charge in [-0.1, -0.05) is 17.7 Å². The summed E-state index contributed by atoms with van der Waals surface area (Å²) >= 11 is 7.68. The van der Waals surface area contributed by atoms with Crippen molar-refractivity contribution in [2.24, 2.45) is 0 Å². The van der Waals surface area contributed by atoms with E-state index in [0.29, 0.717) is 34.9 Å². The molecule has 1 aliphatic heterocycles. The molecular weight excluding hydrogens is 361 g/mol. The topological polar surface area (TPSA) is 46.1 Å². The fraction of sp³-hybridized carbons (Fsp3) is 0.167. The van der Waals surface area contributed by atoms with Gasteiger partial charge in [0, 0.05) is 30.7 Å². The molecule has 0 atom stereocenters. The predicted octanol–water partition coefficient (Wildman–Crippen LogP) is 4.20. The summed E-state index contributed by atoms with van der Waals surface area (Å²) in [6.45, 7) is 0.779. The third-order valence-corrected chi connectivity index (χ3v) is 5.35. The van der Waals surface area contributed by atoms with Crippen LogP contribution in [-0.4, -0.2) is 27.3 Å². The van der Waals surface area contributed by atoms with Gasteiger partial charge >= 0.3 is 0 Å². The lowest BCUT2D eigenvalue weighted by atomic mass is 10.1. The molecule has 7 heteroatoms. The zero-order valence-corrected chi connectivity index (χ0v) is 14.6. The van der Waals surface area contributed by atoms with Crippen LogP contribution in [0.5, 0.6) is 0 Å². The largest absolute Gasteiger partial charge is 0.334 e. The van der Waals surface area contributed by atoms with Crippen molar-refractivity contribution in [2.75, 3.05) is 6.54 Å². The highest BCUT2D eigenvalue weighted by atomic mass is 35.5. The third kappa shape index (κ3) is 3.15. The molecule has 0 bridgehead atoms. The monoisotopic (exact) mass is 373 g/mol. The van der Waals surface area contributed by atoms with Gasteiger partial charge in [0.2, 0.25) is 0 Å². The lowest BCUT2D eigenvalue weighted by Crippen LogP contribution is -2.37. The summed E-state index contributed by atoms with van der Waals surface area (Å²) in [5.41, 5.74) is 1.85. The lowest BCUT2D eigenvalue weighted by Gasteiger charge is -2.28. The summed E-state index contributed by atoms with van der Waals surface area (Å²) in [5.74, 6) is 0.121. The second-order valence-electron chi connectivity index (χ2n) is 5.74. The second kappa shape index (κ2) is 6.54. The number of nitrogens with zero attached hydrogens (tertiary/aromatic N) is 3. The fourth-order valence-corrected chi connectivity index (χ4v) is 3.69. The van der Waals surface area contributed by atoms with Crippen LogP contribution in [0.3, 0.4) is 0 Å². The Labute approximate surface area is 152 Å². The van der Waals surface area contributed by atoms with Gasteiger partial charge in [0.05, 0.1) is 16.1 Å². The normalized spacial score (nSPS) is 13.8. The van der Waals surface area contributed by atoms with E-state index in [-0.39, 0.29) is 18.3 Å². The van der Waals surface area contributed by atoms with Gasteiger partial charge < -0.3 is 4.90 Å². The van der Waals surface area contributed by atoms with Crippen LogP contribution in [-0.2, 0) is 13.0 Å². The number of halogens is 2. The summed E-state index contributed by atoms with van der Waals surface area (Å²) in [6.07, 6.45) is 2.22. The average Bonchev–Trinajstić information content (AvgIpc) is 3.15. The molecule has 0 unspecified atom stereocenters. The van der Waals surface area contributed by atoms with Crippen molar-refractivity contribution in [3.63, 3.8) is 0 Å². The minimum Gasteiger partial charge on any atom is -0.334 e. The number of rotatable bonds is 3. The number of benzene rings is 1. The number of hydrogen-bond donors (Lipinski definition) is 0. The Balaban J connectivity index is 1.60. The molecule has 4 rings (SSSR count). The van der Waals surface area contributed by atoms with Crippen molar-refractivity contribution in [2.45, 2.75) is 13.0 Å². The molecule has 0 N–H and O–H groups in total. The van der Waals surface area contributed by atoms with Gasteiger partial charge in [0.25, 0.3) is 5.91 Å². The first-order chi connectivity index (χ1) is 12.1. The molecule has 0 spiro atoms. The number of thiophene rings is 1.